The molecule has 86 valence electrons. The molecule has 0 aromatic rings. The average molecular weight is 252 g/mol. The van der Waals surface area contributed by atoms with Crippen molar-refractivity contribution >= 4 is 35.6 Å². The van der Waals surface area contributed by atoms with Gasteiger partial charge in [-0.1, -0.05) is 0 Å². The second-order valence-electron chi connectivity index (χ2n) is 3.70. The van der Waals surface area contributed by atoms with Crippen molar-refractivity contribution in [3.63, 3.8) is 0 Å². The first-order valence-corrected chi connectivity index (χ1v) is 4.95. The van der Waals surface area contributed by atoms with Crippen molar-refractivity contribution in [1.82, 2.24) is 10.0 Å². The lowest BCUT2D eigenvalue weighted by atomic mass is 10.0. The van der Waals surface area contributed by atoms with Crippen LogP contribution in [0, 0.1) is 0 Å². The van der Waals surface area contributed by atoms with Gasteiger partial charge in [0.2, 0.25) is 0 Å². The number of nitrogens with two attached hydrogens (primary N) is 1. The largest absolute Gasteiger partial charge is 0.297 e. The standard InChI is InChI=1S/C8H14ClN5.ClH/c1-6-8(9,5-13(2)12-6)7-11-3-4-14(7)10;/h3-5,10H2,1-2H3;1H. The Labute approximate surface area is 100 Å². The maximum absolute atomic E-state index is 6.49. The summed E-state index contributed by atoms with van der Waals surface area (Å²) in [7, 11) is 1.89. The van der Waals surface area contributed by atoms with Crippen LogP contribution >= 0.6 is 24.0 Å². The second kappa shape index (κ2) is 4.15. The van der Waals surface area contributed by atoms with E-state index in [9.17, 15) is 0 Å². The van der Waals surface area contributed by atoms with Crippen LogP contribution in [0.15, 0.2) is 10.1 Å². The highest BCUT2D eigenvalue weighted by atomic mass is 35.5. The molecule has 2 aliphatic rings. The van der Waals surface area contributed by atoms with Gasteiger partial charge in [0.25, 0.3) is 0 Å². The molecule has 0 saturated heterocycles. The van der Waals surface area contributed by atoms with Gasteiger partial charge in [-0.3, -0.25) is 15.0 Å². The lowest BCUT2D eigenvalue weighted by molar-refractivity contribution is 0.376. The van der Waals surface area contributed by atoms with Crippen molar-refractivity contribution in [3.05, 3.63) is 0 Å². The molecule has 15 heavy (non-hydrogen) atoms. The van der Waals surface area contributed by atoms with Crippen molar-refractivity contribution in [3.8, 4) is 0 Å². The summed E-state index contributed by atoms with van der Waals surface area (Å²) < 4.78 is 0. The first-order chi connectivity index (χ1) is 6.54. The number of hydrazone groups is 1. The van der Waals surface area contributed by atoms with Gasteiger partial charge in [0, 0.05) is 7.05 Å². The zero-order valence-electron chi connectivity index (χ0n) is 8.77. The minimum atomic E-state index is -0.625. The molecule has 0 spiro atoms. The smallest absolute Gasteiger partial charge is 0.161 e. The summed E-state index contributed by atoms with van der Waals surface area (Å²) in [6.07, 6.45) is 0. The molecule has 0 radical (unpaired) electrons. The summed E-state index contributed by atoms with van der Waals surface area (Å²) in [5.74, 6) is 6.54. The molecular formula is C8H15Cl2N5. The molecule has 0 bridgehead atoms. The lowest BCUT2D eigenvalue weighted by Gasteiger charge is -2.26. The average Bonchev–Trinajstić information content (AvgIpc) is 2.59. The summed E-state index contributed by atoms with van der Waals surface area (Å²) in [6.45, 7) is 4.00. The fourth-order valence-electron chi connectivity index (χ4n) is 1.85. The van der Waals surface area contributed by atoms with Crippen molar-refractivity contribution < 1.29 is 0 Å². The molecule has 0 saturated carbocycles. The normalized spacial score (nSPS) is 30.1. The van der Waals surface area contributed by atoms with Gasteiger partial charge in [0.15, 0.2) is 4.87 Å². The molecule has 5 nitrogen and oxygen atoms in total. The number of hydrogen-bond donors (Lipinski definition) is 1. The predicted molar refractivity (Wildman–Crippen MR) is 64.8 cm³/mol. The van der Waals surface area contributed by atoms with E-state index < -0.39 is 4.87 Å². The van der Waals surface area contributed by atoms with Crippen LogP contribution in [0.5, 0.6) is 0 Å². The zero-order chi connectivity index (χ0) is 10.3. The van der Waals surface area contributed by atoms with Gasteiger partial charge in [-0.2, -0.15) is 5.10 Å². The van der Waals surface area contributed by atoms with Crippen LogP contribution in [0.4, 0.5) is 0 Å². The first kappa shape index (κ1) is 12.5. The molecule has 0 aromatic carbocycles. The fraction of sp³-hybridized carbons (Fsp3) is 0.750. The van der Waals surface area contributed by atoms with E-state index in [1.54, 1.807) is 5.01 Å². The Balaban J connectivity index is 0.00000112. The minimum Gasteiger partial charge on any atom is -0.297 e. The molecule has 2 rings (SSSR count). The quantitative estimate of drug-likeness (QED) is 0.539. The SMILES string of the molecule is CC1=NN(C)CC1(Cl)C1=NCCN1N.Cl. The van der Waals surface area contributed by atoms with Gasteiger partial charge in [0.05, 0.1) is 25.3 Å². The number of aliphatic imine (C=N–C) groups is 1. The van der Waals surface area contributed by atoms with E-state index >= 15 is 0 Å². The van der Waals surface area contributed by atoms with Crippen LogP contribution in [-0.4, -0.2) is 53.1 Å². The predicted octanol–water partition coefficient (Wildman–Crippen LogP) is 0.295. The maximum atomic E-state index is 6.49. The highest BCUT2D eigenvalue weighted by Crippen LogP contribution is 2.28. The Morgan fingerprint density at radius 3 is 2.60 bits per heavy atom. The Hall–Kier alpha value is -0.520. The number of rotatable bonds is 1. The highest BCUT2D eigenvalue weighted by molar-refractivity contribution is 6.48. The Kier molecular flexibility index (Phi) is 3.48. The number of hydrogen-bond acceptors (Lipinski definition) is 5. The first-order valence-electron chi connectivity index (χ1n) is 4.57. The topological polar surface area (TPSA) is 57.2 Å². The Morgan fingerprint density at radius 1 is 1.53 bits per heavy atom. The molecule has 1 unspecified atom stereocenters. The van der Waals surface area contributed by atoms with Gasteiger partial charge in [-0.25, -0.2) is 5.84 Å². The Morgan fingerprint density at radius 2 is 2.20 bits per heavy atom. The van der Waals surface area contributed by atoms with Crippen LogP contribution in [0.3, 0.4) is 0 Å². The van der Waals surface area contributed by atoms with Crippen molar-refractivity contribution in [1.29, 1.82) is 0 Å². The molecule has 2 aliphatic heterocycles. The Bertz CT molecular complexity index is 316. The molecule has 0 aromatic heterocycles. The van der Waals surface area contributed by atoms with E-state index in [1.807, 2.05) is 19.0 Å². The molecule has 0 aliphatic carbocycles. The fourth-order valence-corrected chi connectivity index (χ4v) is 2.23. The van der Waals surface area contributed by atoms with E-state index in [1.165, 1.54) is 0 Å². The third-order valence-corrected chi connectivity index (χ3v) is 3.13. The molecule has 2 N–H and O–H groups in total. The summed E-state index contributed by atoms with van der Waals surface area (Å²) in [6, 6.07) is 0. The van der Waals surface area contributed by atoms with E-state index in [-0.39, 0.29) is 12.4 Å². The van der Waals surface area contributed by atoms with Crippen molar-refractivity contribution in [2.24, 2.45) is 15.9 Å². The van der Waals surface area contributed by atoms with Crippen LogP contribution in [0.25, 0.3) is 0 Å². The monoisotopic (exact) mass is 251 g/mol. The van der Waals surface area contributed by atoms with Crippen LogP contribution in [-0.2, 0) is 0 Å². The molecule has 2 heterocycles. The van der Waals surface area contributed by atoms with Crippen LogP contribution in [0.2, 0.25) is 0 Å². The highest BCUT2D eigenvalue weighted by Gasteiger charge is 2.45. The van der Waals surface area contributed by atoms with E-state index in [4.69, 9.17) is 17.4 Å². The van der Waals surface area contributed by atoms with Crippen molar-refractivity contribution in [2.75, 3.05) is 26.7 Å². The number of hydrazine groups is 1. The van der Waals surface area contributed by atoms with Gasteiger partial charge in [0.1, 0.15) is 5.84 Å². The summed E-state index contributed by atoms with van der Waals surface area (Å²) in [5, 5.41) is 7.71. The zero-order valence-corrected chi connectivity index (χ0v) is 10.3. The number of alkyl halides is 1. The maximum Gasteiger partial charge on any atom is 0.161 e. The molecule has 0 amide bonds. The third kappa shape index (κ3) is 1.91. The van der Waals surface area contributed by atoms with E-state index in [0.29, 0.717) is 6.54 Å². The van der Waals surface area contributed by atoms with Gasteiger partial charge >= 0.3 is 0 Å². The lowest BCUT2D eigenvalue weighted by Crippen LogP contribution is -2.51. The van der Waals surface area contributed by atoms with E-state index in [2.05, 4.69) is 10.1 Å². The van der Waals surface area contributed by atoms with Gasteiger partial charge in [-0.05, 0) is 6.92 Å². The summed E-state index contributed by atoms with van der Waals surface area (Å²) in [4.78, 5) is 3.71. The number of nitrogens with zero attached hydrogens (tertiary/aromatic N) is 4. The molecule has 0 fully saturated rings. The van der Waals surface area contributed by atoms with Crippen LogP contribution < -0.4 is 5.84 Å². The van der Waals surface area contributed by atoms with Gasteiger partial charge in [-0.15, -0.1) is 24.0 Å². The van der Waals surface area contributed by atoms with Crippen molar-refractivity contribution in [2.45, 2.75) is 11.8 Å². The number of halogens is 2. The summed E-state index contributed by atoms with van der Waals surface area (Å²) >= 11 is 6.49. The second-order valence-corrected chi connectivity index (χ2v) is 4.35. The molecular weight excluding hydrogens is 237 g/mol. The van der Waals surface area contributed by atoms with E-state index in [0.717, 1.165) is 24.6 Å². The van der Waals surface area contributed by atoms with Crippen LogP contribution in [0.1, 0.15) is 6.92 Å². The molecule has 7 heteroatoms. The third-order valence-electron chi connectivity index (χ3n) is 2.57. The molecule has 1 atom stereocenters. The minimum absolute atomic E-state index is 0. The van der Waals surface area contributed by atoms with Gasteiger partial charge < -0.3 is 0 Å². The summed E-state index contributed by atoms with van der Waals surface area (Å²) in [5.41, 5.74) is 0.859. The number of amidine groups is 1.